The molecule has 1 aromatic rings. The number of nitrogens with one attached hydrogen (secondary N) is 1. The SMILES string of the molecule is O=C1CCC(CCC(=O)N2C[C@@H]3CN(Cc4ccc(C(F)(F)F)cc4F)C[C@H]3C2)N1. The molecule has 1 unspecified atom stereocenters. The van der Waals surface area contributed by atoms with Gasteiger partial charge in [-0.15, -0.1) is 0 Å². The molecule has 3 atom stereocenters. The third-order valence-corrected chi connectivity index (χ3v) is 6.48. The highest BCUT2D eigenvalue weighted by Crippen LogP contribution is 2.34. The summed E-state index contributed by atoms with van der Waals surface area (Å²) >= 11 is 0. The molecule has 3 heterocycles. The summed E-state index contributed by atoms with van der Waals surface area (Å²) in [5.74, 6) is -0.0772. The number of hydrogen-bond donors (Lipinski definition) is 1. The number of alkyl halides is 3. The Bertz CT molecular complexity index is 815. The Morgan fingerprint density at radius 1 is 1.13 bits per heavy atom. The number of carbonyl (C=O) groups excluding carboxylic acids is 2. The number of halogens is 4. The lowest BCUT2D eigenvalue weighted by molar-refractivity contribution is -0.137. The number of hydrogen-bond acceptors (Lipinski definition) is 3. The van der Waals surface area contributed by atoms with Crippen LogP contribution in [-0.2, 0) is 22.3 Å². The minimum Gasteiger partial charge on any atom is -0.353 e. The number of nitrogens with zero attached hydrogens (tertiary/aromatic N) is 2. The fourth-order valence-electron chi connectivity index (χ4n) is 4.87. The van der Waals surface area contributed by atoms with Crippen LogP contribution in [0.15, 0.2) is 18.2 Å². The van der Waals surface area contributed by atoms with Gasteiger partial charge < -0.3 is 10.2 Å². The van der Waals surface area contributed by atoms with Crippen molar-refractivity contribution in [2.75, 3.05) is 26.2 Å². The highest BCUT2D eigenvalue weighted by molar-refractivity contribution is 5.79. The Morgan fingerprint density at radius 3 is 2.40 bits per heavy atom. The van der Waals surface area contributed by atoms with Crippen LogP contribution in [0.5, 0.6) is 0 Å². The monoisotopic (exact) mass is 427 g/mol. The molecule has 3 aliphatic rings. The highest BCUT2D eigenvalue weighted by atomic mass is 19.4. The third-order valence-electron chi connectivity index (χ3n) is 6.48. The van der Waals surface area contributed by atoms with Crippen LogP contribution in [0.25, 0.3) is 0 Å². The van der Waals surface area contributed by atoms with Crippen LogP contribution in [0.1, 0.15) is 36.8 Å². The van der Waals surface area contributed by atoms with Gasteiger partial charge in [0.15, 0.2) is 0 Å². The number of fused-ring (bicyclic) bond motifs is 1. The normalized spacial score (nSPS) is 26.9. The van der Waals surface area contributed by atoms with E-state index >= 15 is 0 Å². The molecule has 3 fully saturated rings. The zero-order valence-corrected chi connectivity index (χ0v) is 16.6. The molecule has 0 saturated carbocycles. The van der Waals surface area contributed by atoms with E-state index in [0.29, 0.717) is 63.3 Å². The second kappa shape index (κ2) is 8.17. The highest BCUT2D eigenvalue weighted by Gasteiger charge is 2.41. The van der Waals surface area contributed by atoms with Crippen LogP contribution in [0.3, 0.4) is 0 Å². The van der Waals surface area contributed by atoms with Gasteiger partial charge in [0.2, 0.25) is 11.8 Å². The Balaban J connectivity index is 1.25. The molecule has 0 aliphatic carbocycles. The maximum absolute atomic E-state index is 14.1. The first-order valence-electron chi connectivity index (χ1n) is 10.3. The third kappa shape index (κ3) is 4.61. The minimum atomic E-state index is -4.55. The van der Waals surface area contributed by atoms with Crippen molar-refractivity contribution >= 4 is 11.8 Å². The molecule has 4 rings (SSSR count). The molecule has 0 aromatic heterocycles. The zero-order chi connectivity index (χ0) is 21.5. The number of likely N-dealkylation sites (tertiary alicyclic amines) is 2. The van der Waals surface area contributed by atoms with Crippen LogP contribution in [0, 0.1) is 17.7 Å². The van der Waals surface area contributed by atoms with Gasteiger partial charge in [-0.05, 0) is 36.8 Å². The summed E-state index contributed by atoms with van der Waals surface area (Å²) in [6, 6.07) is 2.78. The Labute approximate surface area is 172 Å². The van der Waals surface area contributed by atoms with Gasteiger partial charge in [0.05, 0.1) is 5.56 Å². The van der Waals surface area contributed by atoms with Gasteiger partial charge in [-0.3, -0.25) is 14.5 Å². The summed E-state index contributed by atoms with van der Waals surface area (Å²) in [4.78, 5) is 27.7. The average Bonchev–Trinajstić information content (AvgIpc) is 3.35. The quantitative estimate of drug-likeness (QED) is 0.736. The molecule has 0 spiro atoms. The van der Waals surface area contributed by atoms with E-state index in [4.69, 9.17) is 0 Å². The fourth-order valence-corrected chi connectivity index (χ4v) is 4.87. The molecular formula is C21H25F4N3O2. The molecule has 3 saturated heterocycles. The van der Waals surface area contributed by atoms with Gasteiger partial charge in [-0.2, -0.15) is 13.2 Å². The predicted molar refractivity (Wildman–Crippen MR) is 101 cm³/mol. The van der Waals surface area contributed by atoms with Crippen molar-refractivity contribution in [1.29, 1.82) is 0 Å². The lowest BCUT2D eigenvalue weighted by atomic mass is 10.0. The summed E-state index contributed by atoms with van der Waals surface area (Å²) in [6.45, 7) is 2.99. The van der Waals surface area contributed by atoms with Crippen LogP contribution < -0.4 is 5.32 Å². The van der Waals surface area contributed by atoms with Gasteiger partial charge >= 0.3 is 6.18 Å². The van der Waals surface area contributed by atoms with Crippen molar-refractivity contribution in [3.8, 4) is 0 Å². The molecule has 30 heavy (non-hydrogen) atoms. The smallest absolute Gasteiger partial charge is 0.353 e. The molecule has 0 radical (unpaired) electrons. The number of carbonyl (C=O) groups is 2. The van der Waals surface area contributed by atoms with E-state index in [0.717, 1.165) is 12.5 Å². The largest absolute Gasteiger partial charge is 0.416 e. The first-order chi connectivity index (χ1) is 14.2. The van der Waals surface area contributed by atoms with Gasteiger partial charge in [-0.25, -0.2) is 4.39 Å². The molecule has 1 aromatic carbocycles. The van der Waals surface area contributed by atoms with E-state index in [-0.39, 0.29) is 30.0 Å². The van der Waals surface area contributed by atoms with Crippen LogP contribution in [0.4, 0.5) is 17.6 Å². The Hall–Kier alpha value is -2.16. The molecule has 0 bridgehead atoms. The Morgan fingerprint density at radius 2 is 1.83 bits per heavy atom. The van der Waals surface area contributed by atoms with Crippen LogP contribution in [-0.4, -0.2) is 53.8 Å². The van der Waals surface area contributed by atoms with Gasteiger partial charge in [0.25, 0.3) is 0 Å². The van der Waals surface area contributed by atoms with Crippen molar-refractivity contribution in [1.82, 2.24) is 15.1 Å². The van der Waals surface area contributed by atoms with Crippen molar-refractivity contribution in [2.45, 2.75) is 44.4 Å². The summed E-state index contributed by atoms with van der Waals surface area (Å²) < 4.78 is 52.2. The van der Waals surface area contributed by atoms with Gasteiger partial charge in [-0.1, -0.05) is 6.07 Å². The molecule has 164 valence electrons. The van der Waals surface area contributed by atoms with Crippen molar-refractivity contribution in [2.24, 2.45) is 11.8 Å². The van der Waals surface area contributed by atoms with Crippen molar-refractivity contribution < 1.29 is 27.2 Å². The maximum Gasteiger partial charge on any atom is 0.416 e. The van der Waals surface area contributed by atoms with Gasteiger partial charge in [0, 0.05) is 57.2 Å². The topological polar surface area (TPSA) is 52.7 Å². The van der Waals surface area contributed by atoms with E-state index in [9.17, 15) is 27.2 Å². The van der Waals surface area contributed by atoms with Crippen LogP contribution >= 0.6 is 0 Å². The van der Waals surface area contributed by atoms with Gasteiger partial charge in [0.1, 0.15) is 5.82 Å². The summed E-state index contributed by atoms with van der Waals surface area (Å²) in [6.07, 6.45) is -2.15. The Kier molecular flexibility index (Phi) is 5.74. The molecule has 1 N–H and O–H groups in total. The zero-order valence-electron chi connectivity index (χ0n) is 16.6. The van der Waals surface area contributed by atoms with E-state index in [1.807, 2.05) is 4.90 Å². The summed E-state index contributed by atoms with van der Waals surface area (Å²) in [7, 11) is 0. The van der Waals surface area contributed by atoms with E-state index < -0.39 is 17.6 Å². The van der Waals surface area contributed by atoms with Crippen LogP contribution in [0.2, 0.25) is 0 Å². The standard InChI is InChI=1S/C21H25F4N3O2/c22-18-7-16(21(23,24)25)2-1-13(18)8-27-9-14-11-28(12-15(14)10-27)20(30)6-4-17-3-5-19(29)26-17/h1-2,7,14-15,17H,3-6,8-12H2,(H,26,29)/t14-,15-,17?/m0/s1. The number of rotatable bonds is 5. The number of benzene rings is 1. The minimum absolute atomic E-state index is 0.0488. The maximum atomic E-state index is 14.1. The predicted octanol–water partition coefficient (Wildman–Crippen LogP) is 2.79. The summed E-state index contributed by atoms with van der Waals surface area (Å²) in [5.41, 5.74) is -0.720. The first-order valence-corrected chi connectivity index (χ1v) is 10.3. The first kappa shape index (κ1) is 21.1. The molecule has 3 aliphatic heterocycles. The second-order valence-electron chi connectivity index (χ2n) is 8.66. The van der Waals surface area contributed by atoms with Crippen molar-refractivity contribution in [3.05, 3.63) is 35.1 Å². The number of amides is 2. The second-order valence-corrected chi connectivity index (χ2v) is 8.66. The lowest BCUT2D eigenvalue weighted by Gasteiger charge is -2.22. The van der Waals surface area contributed by atoms with E-state index in [1.54, 1.807) is 0 Å². The lowest BCUT2D eigenvalue weighted by Crippen LogP contribution is -2.34. The molecule has 2 amide bonds. The molecular weight excluding hydrogens is 402 g/mol. The fraction of sp³-hybridized carbons (Fsp3) is 0.619. The average molecular weight is 427 g/mol. The summed E-state index contributed by atoms with van der Waals surface area (Å²) in [5, 5.41) is 2.88. The molecule has 5 nitrogen and oxygen atoms in total. The molecule has 9 heteroatoms. The van der Waals surface area contributed by atoms with E-state index in [2.05, 4.69) is 10.2 Å². The van der Waals surface area contributed by atoms with E-state index in [1.165, 1.54) is 6.07 Å². The van der Waals surface area contributed by atoms with Crippen molar-refractivity contribution in [3.63, 3.8) is 0 Å².